The van der Waals surface area contributed by atoms with Gasteiger partial charge in [-0.1, -0.05) is 44.2 Å². The lowest BCUT2D eigenvalue weighted by Crippen LogP contribution is -2.52. The van der Waals surface area contributed by atoms with E-state index in [0.717, 1.165) is 5.56 Å². The average molecular weight is 324 g/mol. The molecule has 0 heterocycles. The van der Waals surface area contributed by atoms with Crippen LogP contribution in [-0.4, -0.2) is 23.5 Å². The molecule has 0 saturated carbocycles. The van der Waals surface area contributed by atoms with E-state index in [0.29, 0.717) is 18.9 Å². The minimum atomic E-state index is -1.12. The first-order valence-electron chi connectivity index (χ1n) is 7.76. The number of primary amides is 1. The molecule has 0 unspecified atom stereocenters. The number of amides is 1. The van der Waals surface area contributed by atoms with E-state index >= 15 is 0 Å². The van der Waals surface area contributed by atoms with Gasteiger partial charge in [-0.3, -0.25) is 4.79 Å². The molecule has 1 amide bonds. The Morgan fingerprint density at radius 2 is 1.78 bits per heavy atom. The van der Waals surface area contributed by atoms with Gasteiger partial charge in [0.2, 0.25) is 5.91 Å². The van der Waals surface area contributed by atoms with Crippen molar-refractivity contribution in [3.63, 3.8) is 0 Å². The summed E-state index contributed by atoms with van der Waals surface area (Å²) in [5.41, 5.74) is 9.55. The van der Waals surface area contributed by atoms with E-state index in [1.165, 1.54) is 0 Å². The van der Waals surface area contributed by atoms with E-state index in [1.807, 2.05) is 44.2 Å². The van der Waals surface area contributed by atoms with Crippen LogP contribution >= 0.6 is 0 Å². The molecule has 0 aromatic heterocycles. The molecule has 1 aromatic carbocycles. The predicted molar refractivity (Wildman–Crippen MR) is 85.5 cm³/mol. The van der Waals surface area contributed by atoms with Crippen LogP contribution in [-0.2, 0) is 9.59 Å². The predicted octanol–water partition coefficient (Wildman–Crippen LogP) is -0.374. The van der Waals surface area contributed by atoms with Gasteiger partial charge in [-0.2, -0.15) is 0 Å². The van der Waals surface area contributed by atoms with Crippen LogP contribution in [0.1, 0.15) is 44.8 Å². The van der Waals surface area contributed by atoms with Crippen molar-refractivity contribution in [3.8, 4) is 0 Å². The maximum absolute atomic E-state index is 10.6. The Labute approximate surface area is 137 Å². The number of aliphatic hydroxyl groups excluding tert-OH is 1. The number of carbonyl (C=O) groups excluding carboxylic acids is 2. The highest BCUT2D eigenvalue weighted by Crippen LogP contribution is 2.18. The third-order valence-electron chi connectivity index (χ3n) is 3.21. The minimum absolute atomic E-state index is 0.0822. The molecule has 1 aromatic rings. The van der Waals surface area contributed by atoms with Gasteiger partial charge in [0.05, 0.1) is 0 Å². The summed E-state index contributed by atoms with van der Waals surface area (Å²) in [7, 11) is 0. The lowest BCUT2D eigenvalue weighted by atomic mass is 9.91. The zero-order valence-corrected chi connectivity index (χ0v) is 13.9. The highest BCUT2D eigenvalue weighted by Gasteiger charge is 2.13. The number of carboxylic acid groups (broad SMARTS) is 1. The number of carboxylic acids is 1. The fraction of sp³-hybridized carbons (Fsp3) is 0.529. The topological polar surface area (TPSA) is 131 Å². The number of aliphatic hydroxyl groups is 1. The molecular formula is C17H28N2O4. The van der Waals surface area contributed by atoms with Crippen LogP contribution in [0.25, 0.3) is 0 Å². The van der Waals surface area contributed by atoms with Crippen LogP contribution in [0.5, 0.6) is 0 Å². The van der Waals surface area contributed by atoms with E-state index in [9.17, 15) is 19.8 Å². The molecule has 0 aliphatic rings. The van der Waals surface area contributed by atoms with E-state index in [2.05, 4.69) is 5.73 Å². The van der Waals surface area contributed by atoms with Crippen molar-refractivity contribution in [1.82, 2.24) is 0 Å². The zero-order chi connectivity index (χ0) is 17.8. The van der Waals surface area contributed by atoms with Gasteiger partial charge in [0.1, 0.15) is 12.6 Å². The Bertz CT molecular complexity index is 447. The van der Waals surface area contributed by atoms with Gasteiger partial charge in [0.15, 0.2) is 0 Å². The number of aliphatic carboxylic acids is 1. The smallest absolute Gasteiger partial charge is 0.217 e. The van der Waals surface area contributed by atoms with Crippen molar-refractivity contribution in [3.05, 3.63) is 35.9 Å². The first-order chi connectivity index (χ1) is 10.8. The molecule has 6 heteroatoms. The highest BCUT2D eigenvalue weighted by atomic mass is 16.4. The van der Waals surface area contributed by atoms with Crippen molar-refractivity contribution in [2.75, 3.05) is 6.54 Å². The van der Waals surface area contributed by atoms with Crippen molar-refractivity contribution in [2.45, 2.75) is 39.2 Å². The van der Waals surface area contributed by atoms with Crippen LogP contribution in [0, 0.1) is 11.8 Å². The van der Waals surface area contributed by atoms with E-state index in [4.69, 9.17) is 5.73 Å². The monoisotopic (exact) mass is 324 g/mol. The average Bonchev–Trinajstić information content (AvgIpc) is 2.46. The summed E-state index contributed by atoms with van der Waals surface area (Å²) in [6, 6.07) is 9.55. The van der Waals surface area contributed by atoms with E-state index in [1.54, 1.807) is 0 Å². The molecule has 0 spiro atoms. The molecule has 130 valence electrons. The Balaban J connectivity index is 0.000000433. The molecule has 0 aliphatic carbocycles. The second-order valence-electron chi connectivity index (χ2n) is 5.96. The van der Waals surface area contributed by atoms with E-state index in [-0.39, 0.29) is 18.8 Å². The van der Waals surface area contributed by atoms with Crippen LogP contribution in [0.4, 0.5) is 0 Å². The largest absolute Gasteiger partial charge is 0.550 e. The zero-order valence-electron chi connectivity index (χ0n) is 13.9. The summed E-state index contributed by atoms with van der Waals surface area (Å²) >= 11 is 0. The van der Waals surface area contributed by atoms with Gasteiger partial charge in [-0.05, 0) is 30.2 Å². The molecule has 0 aliphatic heterocycles. The number of quaternary nitrogens is 1. The molecule has 2 atom stereocenters. The van der Waals surface area contributed by atoms with Gasteiger partial charge in [0, 0.05) is 12.4 Å². The van der Waals surface area contributed by atoms with Crippen molar-refractivity contribution in [1.29, 1.82) is 0 Å². The quantitative estimate of drug-likeness (QED) is 0.601. The molecule has 1 rings (SSSR count). The van der Waals surface area contributed by atoms with Gasteiger partial charge >= 0.3 is 0 Å². The summed E-state index contributed by atoms with van der Waals surface area (Å²) in [5, 5.41) is 19.6. The van der Waals surface area contributed by atoms with Gasteiger partial charge in [-0.15, -0.1) is 0 Å². The molecule has 6 nitrogen and oxygen atoms in total. The Hall–Kier alpha value is -1.92. The Morgan fingerprint density at radius 3 is 2.17 bits per heavy atom. The molecular weight excluding hydrogens is 296 g/mol. The summed E-state index contributed by atoms with van der Waals surface area (Å²) < 4.78 is 0. The molecule has 23 heavy (non-hydrogen) atoms. The lowest BCUT2D eigenvalue weighted by molar-refractivity contribution is -0.385. The minimum Gasteiger partial charge on any atom is -0.550 e. The van der Waals surface area contributed by atoms with Gasteiger partial charge in [0.25, 0.3) is 0 Å². The number of carbonyl (C=O) groups is 2. The molecule has 0 saturated heterocycles. The fourth-order valence-corrected chi connectivity index (χ4v) is 2.27. The first kappa shape index (κ1) is 21.1. The summed E-state index contributed by atoms with van der Waals surface area (Å²) in [6.07, 6.45) is 0.339. The third kappa shape index (κ3) is 11.3. The number of nitrogens with two attached hydrogens (primary N) is 1. The van der Waals surface area contributed by atoms with Crippen LogP contribution in [0.15, 0.2) is 30.3 Å². The lowest BCUT2D eigenvalue weighted by Gasteiger charge is -2.17. The molecule has 6 N–H and O–H groups in total. The van der Waals surface area contributed by atoms with Crippen LogP contribution in [0.3, 0.4) is 0 Å². The first-order valence-corrected chi connectivity index (χ1v) is 7.76. The molecule has 0 bridgehead atoms. The number of rotatable bonds is 8. The van der Waals surface area contributed by atoms with Crippen molar-refractivity contribution >= 4 is 11.9 Å². The van der Waals surface area contributed by atoms with Crippen molar-refractivity contribution < 1.29 is 25.5 Å². The SMILES string of the molecule is CC(C)C[C@@H](CC(N)=O)CC(=O)[O-].[NH3+]C[C@@H](O)c1ccccc1. The normalized spacial score (nSPS) is 12.9. The number of hydrogen-bond acceptors (Lipinski definition) is 4. The van der Waals surface area contributed by atoms with Gasteiger partial charge < -0.3 is 26.5 Å². The Morgan fingerprint density at radius 1 is 1.22 bits per heavy atom. The second kappa shape index (κ2) is 11.6. The van der Waals surface area contributed by atoms with Crippen LogP contribution < -0.4 is 16.6 Å². The standard InChI is InChI=1S/C9H17NO3.C8H11NO/c1-6(2)3-7(4-8(10)11)5-9(12)13;9-6-8(10)7-4-2-1-3-5-7/h6-7H,3-5H2,1-2H3,(H2,10,11)(H,12,13);1-5,8,10H,6,9H2/t7-;8-/m01/s1. The van der Waals surface area contributed by atoms with Gasteiger partial charge in [-0.25, -0.2) is 0 Å². The summed E-state index contributed by atoms with van der Waals surface area (Å²) in [4.78, 5) is 20.9. The number of benzene rings is 1. The molecule has 0 radical (unpaired) electrons. The second-order valence-corrected chi connectivity index (χ2v) is 5.96. The summed E-state index contributed by atoms with van der Waals surface area (Å²) in [6.45, 7) is 4.48. The maximum Gasteiger partial charge on any atom is 0.217 e. The molecule has 0 fully saturated rings. The maximum atomic E-state index is 10.6. The highest BCUT2D eigenvalue weighted by molar-refractivity contribution is 5.75. The Kier molecular flexibility index (Phi) is 10.7. The van der Waals surface area contributed by atoms with Crippen molar-refractivity contribution in [2.24, 2.45) is 17.6 Å². The third-order valence-corrected chi connectivity index (χ3v) is 3.21. The van der Waals surface area contributed by atoms with Crippen LogP contribution in [0.2, 0.25) is 0 Å². The fourth-order valence-electron chi connectivity index (χ4n) is 2.27. The summed E-state index contributed by atoms with van der Waals surface area (Å²) in [5.74, 6) is -1.38. The van der Waals surface area contributed by atoms with E-state index < -0.39 is 18.0 Å². The number of hydrogen-bond donors (Lipinski definition) is 3.